The molecule has 1 N–H and O–H groups in total. The van der Waals surface area contributed by atoms with E-state index in [4.69, 9.17) is 11.6 Å². The summed E-state index contributed by atoms with van der Waals surface area (Å²) in [5, 5.41) is 3.61. The van der Waals surface area contributed by atoms with Crippen LogP contribution in [0.15, 0.2) is 0 Å². The maximum atomic E-state index is 5.93. The average molecular weight is 218 g/mol. The molecule has 1 aliphatic carbocycles. The van der Waals surface area contributed by atoms with E-state index in [0.717, 1.165) is 17.7 Å². The van der Waals surface area contributed by atoms with Crippen LogP contribution in [0.4, 0.5) is 0 Å². The Morgan fingerprint density at radius 2 is 1.93 bits per heavy atom. The van der Waals surface area contributed by atoms with Crippen molar-refractivity contribution < 1.29 is 0 Å². The fourth-order valence-electron chi connectivity index (χ4n) is 2.32. The molecule has 0 spiro atoms. The van der Waals surface area contributed by atoms with Gasteiger partial charge in [0.15, 0.2) is 0 Å². The molecule has 0 aromatic rings. The zero-order valence-corrected chi connectivity index (χ0v) is 10.3. The molecule has 0 aromatic carbocycles. The van der Waals surface area contributed by atoms with Crippen LogP contribution in [0.2, 0.25) is 0 Å². The minimum absolute atomic E-state index is 0.525. The second kappa shape index (κ2) is 6.68. The summed E-state index contributed by atoms with van der Waals surface area (Å²) in [6.07, 6.45) is 6.91. The van der Waals surface area contributed by atoms with Crippen LogP contribution in [-0.4, -0.2) is 18.5 Å². The molecule has 1 nitrogen and oxygen atoms in total. The first-order valence-corrected chi connectivity index (χ1v) is 6.55. The summed E-state index contributed by atoms with van der Waals surface area (Å²) in [6.45, 7) is 5.71. The van der Waals surface area contributed by atoms with Gasteiger partial charge in [0.05, 0.1) is 0 Å². The van der Waals surface area contributed by atoms with Gasteiger partial charge >= 0.3 is 0 Å². The van der Waals surface area contributed by atoms with Crippen LogP contribution in [0, 0.1) is 11.8 Å². The lowest BCUT2D eigenvalue weighted by Gasteiger charge is -2.20. The van der Waals surface area contributed by atoms with E-state index in [1.807, 2.05) is 0 Å². The Morgan fingerprint density at radius 1 is 1.29 bits per heavy atom. The monoisotopic (exact) mass is 217 g/mol. The highest BCUT2D eigenvalue weighted by Gasteiger charge is 2.16. The van der Waals surface area contributed by atoms with E-state index in [-0.39, 0.29) is 0 Å². The number of nitrogens with one attached hydrogen (secondary N) is 1. The van der Waals surface area contributed by atoms with Crippen LogP contribution >= 0.6 is 11.6 Å². The summed E-state index contributed by atoms with van der Waals surface area (Å²) in [6, 6.07) is 0.525. The van der Waals surface area contributed by atoms with Gasteiger partial charge < -0.3 is 5.32 Å². The van der Waals surface area contributed by atoms with Gasteiger partial charge in [-0.3, -0.25) is 0 Å². The van der Waals surface area contributed by atoms with Crippen LogP contribution in [0.3, 0.4) is 0 Å². The minimum atomic E-state index is 0.525. The molecule has 1 atom stereocenters. The first-order valence-electron chi connectivity index (χ1n) is 6.01. The van der Waals surface area contributed by atoms with E-state index >= 15 is 0 Å². The molecular weight excluding hydrogens is 194 g/mol. The summed E-state index contributed by atoms with van der Waals surface area (Å²) >= 11 is 5.93. The lowest BCUT2D eigenvalue weighted by molar-refractivity contribution is 0.401. The molecule has 1 aliphatic rings. The van der Waals surface area contributed by atoms with Crippen molar-refractivity contribution in [1.29, 1.82) is 0 Å². The van der Waals surface area contributed by atoms with Gasteiger partial charge in [0.25, 0.3) is 0 Å². The molecule has 0 saturated heterocycles. The average Bonchev–Trinajstić information content (AvgIpc) is 2.64. The van der Waals surface area contributed by atoms with Gasteiger partial charge in [0.1, 0.15) is 0 Å². The first-order chi connectivity index (χ1) is 6.72. The summed E-state index contributed by atoms with van der Waals surface area (Å²) < 4.78 is 0. The van der Waals surface area contributed by atoms with Gasteiger partial charge in [-0.1, -0.05) is 26.7 Å². The van der Waals surface area contributed by atoms with Crippen LogP contribution in [0.1, 0.15) is 46.0 Å². The fourth-order valence-corrected chi connectivity index (χ4v) is 2.55. The normalized spacial score (nSPS) is 20.6. The zero-order chi connectivity index (χ0) is 10.4. The lowest BCUT2D eigenvalue weighted by atomic mass is 10.0. The maximum Gasteiger partial charge on any atom is 0.0377 e. The highest BCUT2D eigenvalue weighted by Crippen LogP contribution is 2.24. The minimum Gasteiger partial charge on any atom is -0.313 e. The SMILES string of the molecule is CC(C)CC(CCl)NCC1CCCC1. The molecule has 0 amide bonds. The molecule has 0 radical (unpaired) electrons. The Hall–Kier alpha value is 0.250. The van der Waals surface area contributed by atoms with Crippen molar-refractivity contribution in [3.8, 4) is 0 Å². The summed E-state index contributed by atoms with van der Waals surface area (Å²) in [7, 11) is 0. The van der Waals surface area contributed by atoms with E-state index in [0.29, 0.717) is 6.04 Å². The molecule has 84 valence electrons. The largest absolute Gasteiger partial charge is 0.313 e. The van der Waals surface area contributed by atoms with Gasteiger partial charge in [-0.2, -0.15) is 0 Å². The number of hydrogen-bond acceptors (Lipinski definition) is 1. The molecule has 0 heterocycles. The molecule has 1 unspecified atom stereocenters. The lowest BCUT2D eigenvalue weighted by Crippen LogP contribution is -2.35. The van der Waals surface area contributed by atoms with Crippen molar-refractivity contribution >= 4 is 11.6 Å². The molecule has 1 fully saturated rings. The highest BCUT2D eigenvalue weighted by atomic mass is 35.5. The van der Waals surface area contributed by atoms with E-state index in [9.17, 15) is 0 Å². The maximum absolute atomic E-state index is 5.93. The Labute approximate surface area is 93.6 Å². The zero-order valence-electron chi connectivity index (χ0n) is 9.56. The molecule has 0 aliphatic heterocycles. The molecular formula is C12H24ClN. The van der Waals surface area contributed by atoms with Crippen LogP contribution < -0.4 is 5.32 Å². The standard InChI is InChI=1S/C12H24ClN/c1-10(2)7-12(8-13)14-9-11-5-3-4-6-11/h10-12,14H,3-9H2,1-2H3. The van der Waals surface area contributed by atoms with Gasteiger partial charge in [-0.25, -0.2) is 0 Å². The second-order valence-electron chi connectivity index (χ2n) is 5.04. The molecule has 14 heavy (non-hydrogen) atoms. The topological polar surface area (TPSA) is 12.0 Å². The second-order valence-corrected chi connectivity index (χ2v) is 5.35. The van der Waals surface area contributed by atoms with Gasteiger partial charge in [0, 0.05) is 11.9 Å². The van der Waals surface area contributed by atoms with Crippen molar-refractivity contribution in [2.45, 2.75) is 52.0 Å². The van der Waals surface area contributed by atoms with Crippen LogP contribution in [0.5, 0.6) is 0 Å². The van der Waals surface area contributed by atoms with E-state index in [2.05, 4.69) is 19.2 Å². The van der Waals surface area contributed by atoms with Gasteiger partial charge in [-0.05, 0) is 37.6 Å². The van der Waals surface area contributed by atoms with E-state index in [1.165, 1.54) is 38.6 Å². The molecule has 1 rings (SSSR count). The third kappa shape index (κ3) is 4.65. The Morgan fingerprint density at radius 3 is 2.43 bits per heavy atom. The summed E-state index contributed by atoms with van der Waals surface area (Å²) in [5.74, 6) is 2.42. The first kappa shape index (κ1) is 12.3. The predicted molar refractivity (Wildman–Crippen MR) is 63.9 cm³/mol. The fraction of sp³-hybridized carbons (Fsp3) is 1.00. The Bertz CT molecular complexity index is 141. The molecule has 1 saturated carbocycles. The number of alkyl halides is 1. The van der Waals surface area contributed by atoms with Crippen molar-refractivity contribution in [2.75, 3.05) is 12.4 Å². The number of hydrogen-bond donors (Lipinski definition) is 1. The molecule has 0 bridgehead atoms. The van der Waals surface area contributed by atoms with Gasteiger partial charge in [0.2, 0.25) is 0 Å². The third-order valence-corrected chi connectivity index (χ3v) is 3.48. The Kier molecular flexibility index (Phi) is 5.88. The van der Waals surface area contributed by atoms with Crippen LogP contribution in [-0.2, 0) is 0 Å². The van der Waals surface area contributed by atoms with Crippen molar-refractivity contribution in [3.63, 3.8) is 0 Å². The summed E-state index contributed by atoms with van der Waals surface area (Å²) in [4.78, 5) is 0. The van der Waals surface area contributed by atoms with Crippen molar-refractivity contribution in [2.24, 2.45) is 11.8 Å². The third-order valence-electron chi connectivity index (χ3n) is 3.11. The van der Waals surface area contributed by atoms with Crippen molar-refractivity contribution in [1.82, 2.24) is 5.32 Å². The smallest absolute Gasteiger partial charge is 0.0377 e. The van der Waals surface area contributed by atoms with Crippen molar-refractivity contribution in [3.05, 3.63) is 0 Å². The van der Waals surface area contributed by atoms with Gasteiger partial charge in [-0.15, -0.1) is 11.6 Å². The number of rotatable bonds is 6. The van der Waals surface area contributed by atoms with E-state index in [1.54, 1.807) is 0 Å². The molecule has 0 aromatic heterocycles. The summed E-state index contributed by atoms with van der Waals surface area (Å²) in [5.41, 5.74) is 0. The predicted octanol–water partition coefficient (Wildman–Crippen LogP) is 3.42. The molecule has 2 heteroatoms. The van der Waals surface area contributed by atoms with Crippen LogP contribution in [0.25, 0.3) is 0 Å². The number of halogens is 1. The quantitative estimate of drug-likeness (QED) is 0.673. The highest BCUT2D eigenvalue weighted by molar-refractivity contribution is 6.18. The van der Waals surface area contributed by atoms with E-state index < -0.39 is 0 Å². The Balaban J connectivity index is 2.12.